The summed E-state index contributed by atoms with van der Waals surface area (Å²) in [6.45, 7) is 5.39. The fourth-order valence-electron chi connectivity index (χ4n) is 2.41. The minimum absolute atomic E-state index is 0.187. The molecule has 0 N–H and O–H groups in total. The van der Waals surface area contributed by atoms with Gasteiger partial charge in [0, 0.05) is 23.1 Å². The molecule has 1 aliphatic heterocycles. The number of carbonyl (C=O) groups is 4. The van der Waals surface area contributed by atoms with Crippen LogP contribution >= 0.6 is 0 Å². The minimum atomic E-state index is -1.01. The van der Waals surface area contributed by atoms with Gasteiger partial charge in [-0.1, -0.05) is 0 Å². The Morgan fingerprint density at radius 3 is 1.47 bits per heavy atom. The van der Waals surface area contributed by atoms with Gasteiger partial charge in [0.2, 0.25) is 0 Å². The van der Waals surface area contributed by atoms with E-state index in [9.17, 15) is 19.2 Å². The molecule has 1 heterocycles. The van der Waals surface area contributed by atoms with E-state index in [2.05, 4.69) is 37.1 Å². The van der Waals surface area contributed by atoms with E-state index in [-0.39, 0.29) is 23.1 Å². The van der Waals surface area contributed by atoms with E-state index in [1.165, 1.54) is 38.8 Å². The summed E-state index contributed by atoms with van der Waals surface area (Å²) in [6.07, 6.45) is 4.20. The maximum absolute atomic E-state index is 9.98. The second kappa shape index (κ2) is 14.8. The summed E-state index contributed by atoms with van der Waals surface area (Å²) in [6, 6.07) is 20.6. The van der Waals surface area contributed by atoms with Gasteiger partial charge >= 0.3 is 118 Å². The van der Waals surface area contributed by atoms with Crippen molar-refractivity contribution in [2.75, 3.05) is 0 Å². The van der Waals surface area contributed by atoms with E-state index in [0.717, 1.165) is 24.3 Å². The Labute approximate surface area is 200 Å². The fraction of sp³-hybridized carbons (Fsp3) is 0.160. The summed E-state index contributed by atoms with van der Waals surface area (Å²) in [4.78, 5) is 39.9. The van der Waals surface area contributed by atoms with E-state index in [1.54, 1.807) is 0 Å². The first-order valence-electron chi connectivity index (χ1n) is 9.76. The van der Waals surface area contributed by atoms with Crippen LogP contribution in [0.25, 0.3) is 9.24 Å². The molecule has 0 spiro atoms. The average Bonchev–Trinajstić information content (AvgIpc) is 2.74. The molecule has 0 saturated heterocycles. The number of allylic oxidation sites excluding steroid dienone is 1. The van der Waals surface area contributed by atoms with Crippen molar-refractivity contribution in [1.29, 1.82) is 0 Å². The zero-order valence-electron chi connectivity index (χ0n) is 18.5. The minimum Gasteiger partial charge on any atom is -0.334 e. The SMILES string of the molecule is C1=C(c2ccccc2)[N-][Sn][N]=C1c1ccccc1.CC(=O)[CH-]C(C)=O.CC(=O)[CH-]C(C)=O. The van der Waals surface area contributed by atoms with Crippen LogP contribution in [0.5, 0.6) is 0 Å². The second-order valence-corrected chi connectivity index (χ2v) is 8.55. The van der Waals surface area contributed by atoms with Crippen LogP contribution < -0.4 is 0 Å². The van der Waals surface area contributed by atoms with Crippen molar-refractivity contribution < 1.29 is 19.2 Å². The number of benzene rings is 2. The van der Waals surface area contributed by atoms with Crippen molar-refractivity contribution >= 4 is 56.2 Å². The van der Waals surface area contributed by atoms with Crippen molar-refractivity contribution in [2.24, 2.45) is 3.21 Å². The second-order valence-electron chi connectivity index (χ2n) is 6.70. The normalized spacial score (nSPS) is 11.5. The summed E-state index contributed by atoms with van der Waals surface area (Å²) >= 11 is -1.01. The van der Waals surface area contributed by atoms with Crippen LogP contribution in [0.2, 0.25) is 0 Å². The molecular weight excluding hydrogens is 511 g/mol. The zero-order chi connectivity index (χ0) is 23.9. The van der Waals surface area contributed by atoms with Crippen LogP contribution in [0.3, 0.4) is 0 Å². The predicted molar refractivity (Wildman–Crippen MR) is 128 cm³/mol. The van der Waals surface area contributed by atoms with Gasteiger partial charge in [-0.15, -0.1) is 0 Å². The first-order valence-corrected chi connectivity index (χ1v) is 12.3. The molecule has 3 rings (SSSR count). The molecule has 2 aromatic rings. The largest absolute Gasteiger partial charge is 0.334 e. The van der Waals surface area contributed by atoms with Gasteiger partial charge in [-0.2, -0.15) is 0 Å². The summed E-state index contributed by atoms with van der Waals surface area (Å²) in [7, 11) is 0. The zero-order valence-corrected chi connectivity index (χ0v) is 21.4. The van der Waals surface area contributed by atoms with E-state index in [4.69, 9.17) is 0 Å². The van der Waals surface area contributed by atoms with Crippen LogP contribution in [-0.2, 0) is 19.2 Å². The molecule has 2 aromatic carbocycles. The molecule has 0 aromatic heterocycles. The van der Waals surface area contributed by atoms with E-state index < -0.39 is 21.7 Å². The summed E-state index contributed by atoms with van der Waals surface area (Å²) in [5.74, 6) is -0.750. The standard InChI is InChI=1S/C15H11N2.2C5H7O2.Sn/c16-14(12-7-3-1-4-8-12)11-15(17)13-9-5-2-6-10-13;2*1-4(6)3-5(2)7;/h1-11H;2*3H,1-2H3;/q-2;2*-1;+1. The van der Waals surface area contributed by atoms with Gasteiger partial charge in [0.1, 0.15) is 0 Å². The first-order chi connectivity index (χ1) is 15.2. The molecular formula is C25H25N2O4Sn-3. The predicted octanol–water partition coefficient (Wildman–Crippen LogP) is 4.18. The van der Waals surface area contributed by atoms with E-state index in [1.807, 2.05) is 36.4 Å². The van der Waals surface area contributed by atoms with Gasteiger partial charge < -0.3 is 19.2 Å². The molecule has 1 aliphatic rings. The van der Waals surface area contributed by atoms with Gasteiger partial charge in [-0.3, -0.25) is 12.8 Å². The van der Waals surface area contributed by atoms with Crippen LogP contribution in [0.1, 0.15) is 38.8 Å². The molecule has 0 bridgehead atoms. The molecule has 0 atom stereocenters. The van der Waals surface area contributed by atoms with E-state index >= 15 is 0 Å². The molecule has 2 radical (unpaired) electrons. The summed E-state index contributed by atoms with van der Waals surface area (Å²) in [5, 5.41) is 0. The quantitative estimate of drug-likeness (QED) is 0.315. The van der Waals surface area contributed by atoms with E-state index in [0.29, 0.717) is 0 Å². The Morgan fingerprint density at radius 1 is 0.688 bits per heavy atom. The molecule has 0 aliphatic carbocycles. The summed E-state index contributed by atoms with van der Waals surface area (Å²) < 4.78 is 9.24. The smallest absolute Gasteiger partial charge is 0.00219 e. The fourth-order valence-corrected chi connectivity index (χ4v) is 4.28. The maximum atomic E-state index is 9.98. The Kier molecular flexibility index (Phi) is 12.4. The topological polar surface area (TPSA) is 94.7 Å². The molecule has 0 unspecified atom stereocenters. The van der Waals surface area contributed by atoms with Crippen LogP contribution in [0, 0.1) is 12.8 Å². The number of carbonyl (C=O) groups excluding carboxylic acids is 4. The van der Waals surface area contributed by atoms with Crippen molar-refractivity contribution in [3.05, 3.63) is 94.2 Å². The van der Waals surface area contributed by atoms with Crippen LogP contribution in [0.4, 0.5) is 0 Å². The number of rotatable bonds is 6. The number of nitrogens with zero attached hydrogens (tertiary/aromatic N) is 2. The molecule has 0 fully saturated rings. The molecule has 0 amide bonds. The number of Topliss-reactive ketones (excluding diaryl/α,β-unsaturated/α-hetero) is 4. The average molecular weight is 536 g/mol. The molecule has 7 heteroatoms. The van der Waals surface area contributed by atoms with Crippen molar-refractivity contribution in [3.8, 4) is 0 Å². The van der Waals surface area contributed by atoms with Crippen molar-refractivity contribution in [3.63, 3.8) is 0 Å². The maximum Gasteiger partial charge on any atom is 0.00219 e. The van der Waals surface area contributed by atoms with Gasteiger partial charge in [-0.25, -0.2) is 0 Å². The molecule has 6 nitrogen and oxygen atoms in total. The Balaban J connectivity index is 0.000000305. The van der Waals surface area contributed by atoms with Gasteiger partial charge in [0.25, 0.3) is 0 Å². The van der Waals surface area contributed by atoms with Crippen molar-refractivity contribution in [2.45, 2.75) is 27.7 Å². The number of hydrogen-bond acceptors (Lipinski definition) is 5. The van der Waals surface area contributed by atoms with Crippen molar-refractivity contribution in [1.82, 2.24) is 0 Å². The summed E-state index contributed by atoms with van der Waals surface area (Å²) in [5.41, 5.74) is 4.52. The van der Waals surface area contributed by atoms with Gasteiger partial charge in [-0.05, 0) is 27.7 Å². The molecule has 32 heavy (non-hydrogen) atoms. The third-order valence-electron chi connectivity index (χ3n) is 3.57. The first kappa shape index (κ1) is 26.9. The van der Waals surface area contributed by atoms with Gasteiger partial charge in [0.15, 0.2) is 0 Å². The Bertz CT molecular complexity index is 934. The van der Waals surface area contributed by atoms with Gasteiger partial charge in [0.05, 0.1) is 0 Å². The monoisotopic (exact) mass is 537 g/mol. The number of hydrogen-bond donors (Lipinski definition) is 0. The van der Waals surface area contributed by atoms with Crippen LogP contribution in [-0.4, -0.2) is 50.5 Å². The third kappa shape index (κ3) is 11.9. The molecule has 0 saturated carbocycles. The Morgan fingerprint density at radius 2 is 1.09 bits per heavy atom. The third-order valence-corrected chi connectivity index (χ3v) is 5.51. The molecule has 166 valence electrons. The Hall–Kier alpha value is -3.13. The van der Waals surface area contributed by atoms with Crippen LogP contribution in [0.15, 0.2) is 70.0 Å². The number of ketones is 4.